The average molecular weight is 468 g/mol. The summed E-state index contributed by atoms with van der Waals surface area (Å²) in [6.45, 7) is 2.35. The van der Waals surface area contributed by atoms with Crippen LogP contribution in [-0.4, -0.2) is 26.4 Å². The second-order valence-corrected chi connectivity index (χ2v) is 9.15. The lowest BCUT2D eigenvalue weighted by atomic mass is 9.68. The van der Waals surface area contributed by atoms with Crippen LogP contribution in [0.25, 0.3) is 0 Å². The average Bonchev–Trinajstić information content (AvgIpc) is 2.74. The maximum atomic E-state index is 6.19. The van der Waals surface area contributed by atoms with Crippen LogP contribution in [0.2, 0.25) is 10.0 Å². The third-order valence-corrected chi connectivity index (χ3v) is 7.11. The Hall–Kier alpha value is -1.42. The number of nitrogens with zero attached hydrogens (tertiary/aromatic N) is 2. The van der Waals surface area contributed by atoms with E-state index in [2.05, 4.69) is 34.2 Å². The Morgan fingerprint density at radius 3 is 2.10 bits per heavy atom. The van der Waals surface area contributed by atoms with E-state index in [-0.39, 0.29) is 12.4 Å². The van der Waals surface area contributed by atoms with Crippen LogP contribution >= 0.6 is 35.6 Å². The molecule has 0 radical (unpaired) electrons. The van der Waals surface area contributed by atoms with Crippen molar-refractivity contribution in [3.63, 3.8) is 0 Å². The van der Waals surface area contributed by atoms with Gasteiger partial charge in [0.05, 0.1) is 22.8 Å². The molecule has 0 aromatic heterocycles. The number of benzene rings is 2. The van der Waals surface area contributed by atoms with Gasteiger partial charge in [-0.1, -0.05) is 54.6 Å². The summed E-state index contributed by atoms with van der Waals surface area (Å²) in [5.74, 6) is 0.480. The van der Waals surface area contributed by atoms with E-state index in [1.54, 1.807) is 19.2 Å². The van der Waals surface area contributed by atoms with E-state index in [0.29, 0.717) is 26.9 Å². The first-order chi connectivity index (χ1) is 14.1. The largest absolute Gasteiger partial charge is 0.494 e. The van der Waals surface area contributed by atoms with Gasteiger partial charge in [-0.25, -0.2) is 0 Å². The lowest BCUT2D eigenvalue weighted by Crippen LogP contribution is -2.41. The molecule has 30 heavy (non-hydrogen) atoms. The molecule has 2 aromatic carbocycles. The highest BCUT2D eigenvalue weighted by Gasteiger charge is 2.35. The number of hydrogen-bond donors (Lipinski definition) is 0. The molecule has 3 nitrogen and oxygen atoms in total. The molecule has 0 amide bonds. The number of anilines is 1. The minimum absolute atomic E-state index is 0. The minimum Gasteiger partial charge on any atom is -0.494 e. The van der Waals surface area contributed by atoms with Gasteiger partial charge in [-0.3, -0.25) is 4.99 Å². The summed E-state index contributed by atoms with van der Waals surface area (Å²) in [6.07, 6.45) is 11.7. The maximum absolute atomic E-state index is 6.19. The van der Waals surface area contributed by atoms with Crippen molar-refractivity contribution >= 4 is 53.2 Å². The fraction of sp³-hybridized carbons (Fsp3) is 0.458. The maximum Gasteiger partial charge on any atom is 0.156 e. The highest BCUT2D eigenvalue weighted by atomic mass is 35.5. The summed E-state index contributed by atoms with van der Waals surface area (Å²) in [4.78, 5) is 7.04. The monoisotopic (exact) mass is 466 g/mol. The van der Waals surface area contributed by atoms with Crippen LogP contribution in [0.15, 0.2) is 41.4 Å². The Balaban J connectivity index is 0.00000256. The predicted octanol–water partition coefficient (Wildman–Crippen LogP) is 7.73. The van der Waals surface area contributed by atoms with E-state index in [0.717, 1.165) is 5.56 Å². The molecule has 1 aliphatic heterocycles. The molecule has 1 saturated carbocycles. The fourth-order valence-corrected chi connectivity index (χ4v) is 5.41. The van der Waals surface area contributed by atoms with Crippen LogP contribution in [0.1, 0.15) is 50.5 Å². The Labute approximate surface area is 195 Å². The molecule has 0 bridgehead atoms. The number of rotatable bonds is 4. The van der Waals surface area contributed by atoms with E-state index in [1.807, 2.05) is 6.21 Å². The highest BCUT2D eigenvalue weighted by Crippen LogP contribution is 2.45. The Morgan fingerprint density at radius 2 is 1.53 bits per heavy atom. The smallest absolute Gasteiger partial charge is 0.156 e. The first-order valence-corrected chi connectivity index (χ1v) is 11.3. The van der Waals surface area contributed by atoms with Crippen molar-refractivity contribution < 1.29 is 4.74 Å². The summed E-state index contributed by atoms with van der Waals surface area (Å²) < 4.78 is 5.18. The molecule has 1 aliphatic carbocycles. The molecule has 6 heteroatoms. The zero-order valence-corrected chi connectivity index (χ0v) is 19.7. The van der Waals surface area contributed by atoms with E-state index in [1.165, 1.54) is 63.7 Å². The molecule has 2 aliphatic rings. The lowest BCUT2D eigenvalue weighted by molar-refractivity contribution is 0.144. The molecule has 1 spiro atoms. The topological polar surface area (TPSA) is 24.8 Å². The van der Waals surface area contributed by atoms with E-state index >= 15 is 0 Å². The summed E-state index contributed by atoms with van der Waals surface area (Å²) >= 11 is 12.4. The summed E-state index contributed by atoms with van der Waals surface area (Å²) in [5, 5.41) is 0.923. The van der Waals surface area contributed by atoms with Crippen molar-refractivity contribution in [2.45, 2.75) is 44.9 Å². The molecule has 1 heterocycles. The normalized spacial score (nSPS) is 18.4. The Morgan fingerprint density at radius 1 is 0.933 bits per heavy atom. The second kappa shape index (κ2) is 10.3. The van der Waals surface area contributed by atoms with Gasteiger partial charge in [-0.05, 0) is 60.9 Å². The summed E-state index contributed by atoms with van der Waals surface area (Å²) in [5.41, 5.74) is 3.71. The molecule has 0 atom stereocenters. The molecule has 2 aromatic rings. The van der Waals surface area contributed by atoms with Crippen molar-refractivity contribution in [3.8, 4) is 5.75 Å². The van der Waals surface area contributed by atoms with Gasteiger partial charge in [0, 0.05) is 25.0 Å². The summed E-state index contributed by atoms with van der Waals surface area (Å²) in [7, 11) is 1.55. The number of piperidine rings is 1. The van der Waals surface area contributed by atoms with Gasteiger partial charge in [-0.15, -0.1) is 12.4 Å². The molecule has 162 valence electrons. The quantitative estimate of drug-likeness (QED) is 0.430. The van der Waals surface area contributed by atoms with Crippen LogP contribution in [0.3, 0.4) is 0 Å². The molecule has 4 rings (SSSR count). The van der Waals surface area contributed by atoms with Gasteiger partial charge in [0.2, 0.25) is 0 Å². The predicted molar refractivity (Wildman–Crippen MR) is 131 cm³/mol. The van der Waals surface area contributed by atoms with Crippen LogP contribution < -0.4 is 9.64 Å². The van der Waals surface area contributed by atoms with Crippen LogP contribution in [0.5, 0.6) is 5.75 Å². The van der Waals surface area contributed by atoms with Gasteiger partial charge >= 0.3 is 0 Å². The standard InChI is InChI=1S/C24H28Cl2N2O.ClH/c1-29-23-21(25)15-19(16-22(23)26)27-17-18-5-7-20(8-6-18)28-13-11-24(12-14-28)9-3-2-4-10-24;/h5-8,15-17H,2-4,9-14H2,1H3;1H. The van der Waals surface area contributed by atoms with E-state index in [9.17, 15) is 0 Å². The lowest BCUT2D eigenvalue weighted by Gasteiger charge is -2.45. The first-order valence-electron chi connectivity index (χ1n) is 10.5. The van der Waals surface area contributed by atoms with Gasteiger partial charge in [0.15, 0.2) is 5.75 Å². The van der Waals surface area contributed by atoms with E-state index in [4.69, 9.17) is 27.9 Å². The van der Waals surface area contributed by atoms with Gasteiger partial charge in [0.25, 0.3) is 0 Å². The highest BCUT2D eigenvalue weighted by molar-refractivity contribution is 6.37. The molecule has 2 fully saturated rings. The van der Waals surface area contributed by atoms with Crippen molar-refractivity contribution in [1.29, 1.82) is 0 Å². The van der Waals surface area contributed by atoms with Crippen molar-refractivity contribution in [1.82, 2.24) is 0 Å². The number of aliphatic imine (C=N–C) groups is 1. The number of hydrogen-bond acceptors (Lipinski definition) is 3. The van der Waals surface area contributed by atoms with Gasteiger partial charge in [0.1, 0.15) is 0 Å². The number of ether oxygens (including phenoxy) is 1. The summed E-state index contributed by atoms with van der Waals surface area (Å²) in [6, 6.07) is 12.2. The molecular formula is C24H29Cl3N2O. The Kier molecular flexibility index (Phi) is 7.95. The van der Waals surface area contributed by atoms with E-state index < -0.39 is 0 Å². The van der Waals surface area contributed by atoms with Crippen molar-refractivity contribution in [2.24, 2.45) is 10.4 Å². The van der Waals surface area contributed by atoms with Gasteiger partial charge in [-0.2, -0.15) is 0 Å². The minimum atomic E-state index is 0. The second-order valence-electron chi connectivity index (χ2n) is 8.34. The van der Waals surface area contributed by atoms with Crippen molar-refractivity contribution in [3.05, 3.63) is 52.0 Å². The molecule has 1 saturated heterocycles. The van der Waals surface area contributed by atoms with Crippen LogP contribution in [-0.2, 0) is 0 Å². The van der Waals surface area contributed by atoms with Crippen LogP contribution in [0, 0.1) is 5.41 Å². The van der Waals surface area contributed by atoms with Crippen LogP contribution in [0.4, 0.5) is 11.4 Å². The molecule has 0 N–H and O–H groups in total. The van der Waals surface area contributed by atoms with Crippen molar-refractivity contribution in [2.75, 3.05) is 25.1 Å². The van der Waals surface area contributed by atoms with Gasteiger partial charge < -0.3 is 9.64 Å². The zero-order valence-electron chi connectivity index (χ0n) is 17.4. The third-order valence-electron chi connectivity index (χ3n) is 6.55. The SMILES string of the molecule is COc1c(Cl)cc(N=Cc2ccc(N3CCC4(CCCCC4)CC3)cc2)cc1Cl.Cl. The first kappa shape index (κ1) is 23.2. The molecular weight excluding hydrogens is 439 g/mol. The third kappa shape index (κ3) is 5.25. The zero-order chi connectivity index (χ0) is 20.3. The fourth-order valence-electron chi connectivity index (χ4n) is 4.78. The Bertz CT molecular complexity index is 844. The number of methoxy groups -OCH3 is 1. The molecule has 0 unspecified atom stereocenters. The number of halogens is 3.